The average molecular weight is 524 g/mol. The molecule has 3 aromatic rings. The van der Waals surface area contributed by atoms with Crippen molar-refractivity contribution in [2.75, 3.05) is 53.0 Å². The first-order valence-electron chi connectivity index (χ1n) is 12.8. The van der Waals surface area contributed by atoms with Crippen LogP contribution in [-0.2, 0) is 22.6 Å². The summed E-state index contributed by atoms with van der Waals surface area (Å²) >= 11 is 0. The Hall–Kier alpha value is -3.69. The third kappa shape index (κ3) is 7.90. The fourth-order valence-electron chi connectivity index (χ4n) is 4.40. The van der Waals surface area contributed by atoms with Crippen molar-refractivity contribution in [3.05, 3.63) is 89.6 Å². The van der Waals surface area contributed by atoms with Crippen LogP contribution in [0.4, 0.5) is 4.39 Å². The Morgan fingerprint density at radius 3 is 2.50 bits per heavy atom. The number of carbonyl (C=O) groups is 2. The van der Waals surface area contributed by atoms with Gasteiger partial charge >= 0.3 is 0 Å². The van der Waals surface area contributed by atoms with Gasteiger partial charge in [-0.25, -0.2) is 4.39 Å². The van der Waals surface area contributed by atoms with Gasteiger partial charge in [-0.2, -0.15) is 0 Å². The molecule has 0 saturated carbocycles. The van der Waals surface area contributed by atoms with Gasteiger partial charge in [0.15, 0.2) is 0 Å². The normalized spacial score (nSPS) is 13.7. The van der Waals surface area contributed by atoms with Crippen LogP contribution in [0.25, 0.3) is 0 Å². The number of amides is 2. The maximum atomic E-state index is 13.6. The van der Waals surface area contributed by atoms with E-state index in [-0.39, 0.29) is 37.3 Å². The second-order valence-electron chi connectivity index (χ2n) is 9.22. The van der Waals surface area contributed by atoms with Crippen LogP contribution >= 0.6 is 0 Å². The first kappa shape index (κ1) is 27.3. The molecular formula is C29H34FN3O5. The van der Waals surface area contributed by atoms with Crippen molar-refractivity contribution in [2.24, 2.45) is 0 Å². The number of benzene rings is 2. The molecule has 0 bridgehead atoms. The van der Waals surface area contributed by atoms with Crippen LogP contribution in [0.2, 0.25) is 0 Å². The van der Waals surface area contributed by atoms with Crippen LogP contribution in [0.3, 0.4) is 0 Å². The summed E-state index contributed by atoms with van der Waals surface area (Å²) in [4.78, 5) is 32.7. The highest BCUT2D eigenvalue weighted by Crippen LogP contribution is 2.17. The van der Waals surface area contributed by atoms with E-state index in [2.05, 4.69) is 4.90 Å². The van der Waals surface area contributed by atoms with E-state index in [1.54, 1.807) is 71.7 Å². The molecule has 0 radical (unpaired) electrons. The summed E-state index contributed by atoms with van der Waals surface area (Å²) < 4.78 is 29.7. The lowest BCUT2D eigenvalue weighted by Gasteiger charge is -2.30. The lowest BCUT2D eigenvalue weighted by molar-refractivity contribution is -0.133. The molecule has 38 heavy (non-hydrogen) atoms. The number of nitrogens with zero attached hydrogens (tertiary/aromatic N) is 3. The first-order chi connectivity index (χ1) is 18.5. The van der Waals surface area contributed by atoms with Crippen molar-refractivity contribution in [2.45, 2.75) is 19.5 Å². The smallest absolute Gasteiger partial charge is 0.254 e. The van der Waals surface area contributed by atoms with E-state index in [0.29, 0.717) is 36.8 Å². The Kier molecular flexibility index (Phi) is 9.89. The summed E-state index contributed by atoms with van der Waals surface area (Å²) in [6.45, 7) is 4.75. The van der Waals surface area contributed by atoms with E-state index in [1.165, 1.54) is 12.1 Å². The third-order valence-electron chi connectivity index (χ3n) is 6.50. The third-order valence-corrected chi connectivity index (χ3v) is 6.50. The molecule has 1 fully saturated rings. The number of morpholine rings is 1. The standard InChI is InChI=1S/C29H34FN3O5/c1-36-26-6-2-5-24(19-26)29(35)32(13-4-12-31-14-17-37-18-15-31)22-28(34)33(21-27-7-3-16-38-27)20-23-8-10-25(30)11-9-23/h2-3,5-11,16,19H,4,12-15,17-18,20-22H2,1H3. The van der Waals surface area contributed by atoms with E-state index in [4.69, 9.17) is 13.9 Å². The zero-order valence-electron chi connectivity index (χ0n) is 21.7. The highest BCUT2D eigenvalue weighted by Gasteiger charge is 2.24. The van der Waals surface area contributed by atoms with Gasteiger partial charge in [0, 0.05) is 38.3 Å². The maximum absolute atomic E-state index is 13.6. The molecule has 2 aromatic carbocycles. The Morgan fingerprint density at radius 2 is 1.79 bits per heavy atom. The van der Waals surface area contributed by atoms with E-state index < -0.39 is 0 Å². The van der Waals surface area contributed by atoms with Crippen LogP contribution in [0.5, 0.6) is 5.75 Å². The van der Waals surface area contributed by atoms with Gasteiger partial charge in [0.2, 0.25) is 5.91 Å². The van der Waals surface area contributed by atoms with E-state index >= 15 is 0 Å². The molecule has 0 unspecified atom stereocenters. The summed E-state index contributed by atoms with van der Waals surface area (Å²) in [5, 5.41) is 0. The number of furan rings is 1. The fraction of sp³-hybridized carbons (Fsp3) is 0.379. The number of ether oxygens (including phenoxy) is 2. The lowest BCUT2D eigenvalue weighted by Crippen LogP contribution is -2.44. The number of methoxy groups -OCH3 is 1. The Morgan fingerprint density at radius 1 is 1.00 bits per heavy atom. The zero-order chi connectivity index (χ0) is 26.7. The van der Waals surface area contributed by atoms with E-state index in [1.807, 2.05) is 0 Å². The van der Waals surface area contributed by atoms with Gasteiger partial charge in [-0.1, -0.05) is 18.2 Å². The van der Waals surface area contributed by atoms with Crippen molar-refractivity contribution >= 4 is 11.8 Å². The summed E-state index contributed by atoms with van der Waals surface area (Å²) in [5.74, 6) is 0.393. The molecule has 9 heteroatoms. The first-order valence-corrected chi connectivity index (χ1v) is 12.8. The van der Waals surface area contributed by atoms with Crippen LogP contribution in [-0.4, -0.2) is 79.6 Å². The number of rotatable bonds is 12. The van der Waals surface area contributed by atoms with Crippen molar-refractivity contribution in [3.63, 3.8) is 0 Å². The van der Waals surface area contributed by atoms with Crippen LogP contribution in [0.1, 0.15) is 28.1 Å². The minimum Gasteiger partial charge on any atom is -0.497 e. The topological polar surface area (TPSA) is 75.5 Å². The average Bonchev–Trinajstić information content (AvgIpc) is 3.46. The summed E-state index contributed by atoms with van der Waals surface area (Å²) in [6, 6.07) is 16.6. The van der Waals surface area contributed by atoms with Gasteiger partial charge in [-0.15, -0.1) is 0 Å². The van der Waals surface area contributed by atoms with Gasteiger partial charge in [0.05, 0.1) is 33.1 Å². The molecule has 1 aliphatic rings. The van der Waals surface area contributed by atoms with Gasteiger partial charge in [0.1, 0.15) is 23.9 Å². The predicted molar refractivity (Wildman–Crippen MR) is 140 cm³/mol. The molecule has 1 aromatic heterocycles. The molecule has 2 heterocycles. The largest absolute Gasteiger partial charge is 0.497 e. The van der Waals surface area contributed by atoms with E-state index in [0.717, 1.165) is 31.6 Å². The van der Waals surface area contributed by atoms with Crippen LogP contribution in [0.15, 0.2) is 71.3 Å². The lowest BCUT2D eigenvalue weighted by atomic mass is 10.1. The number of halogens is 1. The van der Waals surface area contributed by atoms with Crippen molar-refractivity contribution < 1.29 is 27.9 Å². The van der Waals surface area contributed by atoms with Gasteiger partial charge in [-0.3, -0.25) is 14.5 Å². The molecule has 0 N–H and O–H groups in total. The minimum absolute atomic E-state index is 0.0962. The molecular weight excluding hydrogens is 489 g/mol. The SMILES string of the molecule is COc1cccc(C(=O)N(CCCN2CCOCC2)CC(=O)N(Cc2ccc(F)cc2)Cc2ccco2)c1. The molecule has 8 nitrogen and oxygen atoms in total. The van der Waals surface area contributed by atoms with Crippen LogP contribution < -0.4 is 4.74 Å². The summed E-state index contributed by atoms with van der Waals surface area (Å²) in [6.07, 6.45) is 2.28. The van der Waals surface area contributed by atoms with Crippen molar-refractivity contribution in [1.82, 2.24) is 14.7 Å². The highest BCUT2D eigenvalue weighted by atomic mass is 19.1. The van der Waals surface area contributed by atoms with Crippen LogP contribution in [0, 0.1) is 5.82 Å². The quantitative estimate of drug-likeness (QED) is 0.359. The van der Waals surface area contributed by atoms with Crippen molar-refractivity contribution in [1.29, 1.82) is 0 Å². The number of carbonyl (C=O) groups excluding carboxylic acids is 2. The maximum Gasteiger partial charge on any atom is 0.254 e. The zero-order valence-corrected chi connectivity index (χ0v) is 21.7. The molecule has 0 aliphatic carbocycles. The summed E-state index contributed by atoms with van der Waals surface area (Å²) in [5.41, 5.74) is 1.24. The minimum atomic E-state index is -0.340. The Bertz CT molecular complexity index is 1160. The Balaban J connectivity index is 1.50. The van der Waals surface area contributed by atoms with Gasteiger partial charge in [0.25, 0.3) is 5.91 Å². The van der Waals surface area contributed by atoms with Crippen molar-refractivity contribution in [3.8, 4) is 5.75 Å². The second-order valence-corrected chi connectivity index (χ2v) is 9.22. The molecule has 2 amide bonds. The number of hydrogen-bond acceptors (Lipinski definition) is 6. The molecule has 4 rings (SSSR count). The fourth-order valence-corrected chi connectivity index (χ4v) is 4.40. The van der Waals surface area contributed by atoms with E-state index in [9.17, 15) is 14.0 Å². The Labute approximate surface area is 222 Å². The second kappa shape index (κ2) is 13.7. The van der Waals surface area contributed by atoms with Gasteiger partial charge < -0.3 is 23.7 Å². The molecule has 0 atom stereocenters. The predicted octanol–water partition coefficient (Wildman–Crippen LogP) is 3.82. The molecule has 1 saturated heterocycles. The monoisotopic (exact) mass is 523 g/mol. The highest BCUT2D eigenvalue weighted by molar-refractivity contribution is 5.96. The molecule has 1 aliphatic heterocycles. The summed E-state index contributed by atoms with van der Waals surface area (Å²) in [7, 11) is 1.55. The van der Waals surface area contributed by atoms with Gasteiger partial charge in [-0.05, 0) is 54.4 Å². The molecule has 0 spiro atoms. The number of hydrogen-bond donors (Lipinski definition) is 0. The molecule has 202 valence electrons.